The predicted octanol–water partition coefficient (Wildman–Crippen LogP) is 14.0. The smallest absolute Gasteiger partial charge is 0.349 e. The fraction of sp³-hybridized carbons (Fsp3) is 0.500. The molecule has 3 aromatic carbocycles. The number of hydrogen-bond acceptors (Lipinski definition) is 2. The molecule has 0 aliphatic heterocycles. The minimum atomic E-state index is -3.64. The maximum absolute atomic E-state index is 14.5. The predicted molar refractivity (Wildman–Crippen MR) is 188 cm³/mol. The van der Waals surface area contributed by atoms with Crippen LogP contribution < -0.4 is 4.74 Å². The zero-order chi connectivity index (χ0) is 32.2. The number of thioether (sulfide) groups is 1. The molecule has 0 atom stereocenters. The van der Waals surface area contributed by atoms with E-state index >= 15 is 0 Å². The highest BCUT2D eigenvalue weighted by molar-refractivity contribution is 8.00. The van der Waals surface area contributed by atoms with E-state index < -0.39 is 11.1 Å². The first-order valence-electron chi connectivity index (χ1n) is 17.2. The van der Waals surface area contributed by atoms with E-state index in [9.17, 15) is 13.2 Å². The molecule has 246 valence electrons. The molecule has 0 saturated heterocycles. The number of ether oxygens (including phenoxy) is 1. The highest BCUT2D eigenvalue weighted by Gasteiger charge is 2.36. The molecule has 0 aliphatic carbocycles. The van der Waals surface area contributed by atoms with Crippen LogP contribution in [0.25, 0.3) is 17.2 Å². The second-order valence-corrected chi connectivity index (χ2v) is 13.4. The van der Waals surface area contributed by atoms with Crippen molar-refractivity contribution in [2.75, 3.05) is 6.61 Å². The Labute approximate surface area is 275 Å². The number of alkyl halides is 2. The molecule has 3 rings (SSSR count). The highest BCUT2D eigenvalue weighted by atomic mass is 32.2. The summed E-state index contributed by atoms with van der Waals surface area (Å²) in [6, 6.07) is 21.5. The number of benzene rings is 3. The van der Waals surface area contributed by atoms with Gasteiger partial charge in [0.1, 0.15) is 5.75 Å². The van der Waals surface area contributed by atoms with Gasteiger partial charge in [-0.15, -0.1) is 0 Å². The molecule has 0 spiro atoms. The quantitative estimate of drug-likeness (QED) is 0.0755. The molecule has 0 unspecified atom stereocenters. The van der Waals surface area contributed by atoms with Crippen molar-refractivity contribution in [1.82, 2.24) is 0 Å². The van der Waals surface area contributed by atoms with Gasteiger partial charge in [-0.25, -0.2) is 4.39 Å². The number of halogens is 3. The fourth-order valence-electron chi connectivity index (χ4n) is 5.39. The van der Waals surface area contributed by atoms with Crippen LogP contribution >= 0.6 is 11.8 Å². The Kier molecular flexibility index (Phi) is 17.3. The highest BCUT2D eigenvalue weighted by Crippen LogP contribution is 2.42. The van der Waals surface area contributed by atoms with Crippen LogP contribution in [0.4, 0.5) is 13.2 Å². The minimum Gasteiger partial charge on any atom is -0.494 e. The molecule has 0 bridgehead atoms. The van der Waals surface area contributed by atoms with E-state index in [-0.39, 0.29) is 11.8 Å². The van der Waals surface area contributed by atoms with Crippen LogP contribution in [0.5, 0.6) is 5.75 Å². The van der Waals surface area contributed by atoms with Gasteiger partial charge in [-0.2, -0.15) is 8.78 Å². The van der Waals surface area contributed by atoms with Crippen molar-refractivity contribution in [3.63, 3.8) is 0 Å². The van der Waals surface area contributed by atoms with Crippen LogP contribution in [0, 0.1) is 6.92 Å². The number of rotatable bonds is 23. The molecule has 0 aromatic heterocycles. The van der Waals surface area contributed by atoms with Crippen LogP contribution in [0.1, 0.15) is 121 Å². The third-order valence-electron chi connectivity index (χ3n) is 8.20. The third-order valence-corrected chi connectivity index (χ3v) is 9.16. The molecule has 0 heterocycles. The summed E-state index contributed by atoms with van der Waals surface area (Å²) in [5.74, 6) is -0.624. The summed E-state index contributed by atoms with van der Waals surface area (Å²) >= 11 is 0.211. The second kappa shape index (κ2) is 21.2. The van der Waals surface area contributed by atoms with E-state index in [1.54, 1.807) is 36.4 Å². The summed E-state index contributed by atoms with van der Waals surface area (Å²) in [6.07, 6.45) is 22.6. The van der Waals surface area contributed by atoms with E-state index in [1.165, 1.54) is 96.3 Å². The Balaban J connectivity index is 1.26. The summed E-state index contributed by atoms with van der Waals surface area (Å²) in [5.41, 5.74) is 3.27. The molecular formula is C40H53F3OS. The van der Waals surface area contributed by atoms with E-state index in [2.05, 4.69) is 6.92 Å². The van der Waals surface area contributed by atoms with Crippen LogP contribution in [-0.4, -0.2) is 11.9 Å². The molecule has 0 saturated carbocycles. The average molecular weight is 639 g/mol. The standard InChI is InChI=1S/C40H53F3OS/c1-3-4-5-6-7-8-9-10-11-12-13-14-15-16-17-18-31-44-37-27-25-36(26-28-37)35-23-21-34(22-24-35)32-39(41)40(42,43)45-38-29-19-33(2)20-30-38/h19-30,32H,3-18,31H2,1-2H3. The fourth-order valence-corrected chi connectivity index (χ4v) is 6.11. The van der Waals surface area contributed by atoms with E-state index in [0.717, 1.165) is 41.5 Å². The number of unbranched alkanes of at least 4 members (excludes halogenated alkanes) is 15. The zero-order valence-corrected chi connectivity index (χ0v) is 28.3. The van der Waals surface area contributed by atoms with Crippen molar-refractivity contribution in [3.05, 3.63) is 89.8 Å². The third kappa shape index (κ3) is 15.0. The molecule has 45 heavy (non-hydrogen) atoms. The lowest BCUT2D eigenvalue weighted by Crippen LogP contribution is -2.10. The minimum absolute atomic E-state index is 0.211. The molecule has 1 nitrogen and oxygen atoms in total. The van der Waals surface area contributed by atoms with Gasteiger partial charge in [-0.3, -0.25) is 0 Å². The van der Waals surface area contributed by atoms with Gasteiger partial charge in [-0.05, 0) is 72.1 Å². The van der Waals surface area contributed by atoms with Crippen molar-refractivity contribution in [2.24, 2.45) is 0 Å². The molecular weight excluding hydrogens is 586 g/mol. The molecule has 0 radical (unpaired) electrons. The Hall–Kier alpha value is -2.66. The van der Waals surface area contributed by atoms with E-state index in [4.69, 9.17) is 4.74 Å². The summed E-state index contributed by atoms with van der Waals surface area (Å²) < 4.78 is 49.3. The van der Waals surface area contributed by atoms with Gasteiger partial charge < -0.3 is 4.74 Å². The van der Waals surface area contributed by atoms with Crippen molar-refractivity contribution in [3.8, 4) is 16.9 Å². The molecule has 5 heteroatoms. The van der Waals surface area contributed by atoms with Gasteiger partial charge in [0.25, 0.3) is 0 Å². The largest absolute Gasteiger partial charge is 0.494 e. The van der Waals surface area contributed by atoms with Gasteiger partial charge >= 0.3 is 5.25 Å². The maximum Gasteiger partial charge on any atom is 0.349 e. The summed E-state index contributed by atoms with van der Waals surface area (Å²) in [4.78, 5) is 0.321. The van der Waals surface area contributed by atoms with Gasteiger partial charge in [0.05, 0.1) is 6.61 Å². The Morgan fingerprint density at radius 2 is 1.07 bits per heavy atom. The molecule has 0 N–H and O–H groups in total. The van der Waals surface area contributed by atoms with Crippen molar-refractivity contribution in [2.45, 2.75) is 127 Å². The summed E-state index contributed by atoms with van der Waals surface area (Å²) in [5, 5.41) is -3.64. The Morgan fingerprint density at radius 1 is 0.622 bits per heavy atom. The van der Waals surface area contributed by atoms with Crippen molar-refractivity contribution in [1.29, 1.82) is 0 Å². The lowest BCUT2D eigenvalue weighted by molar-refractivity contribution is 0.121. The van der Waals surface area contributed by atoms with Crippen LogP contribution in [0.3, 0.4) is 0 Å². The Bertz CT molecular complexity index is 1220. The van der Waals surface area contributed by atoms with Gasteiger partial charge in [0, 0.05) is 4.90 Å². The molecule has 0 fully saturated rings. The van der Waals surface area contributed by atoms with Crippen molar-refractivity contribution < 1.29 is 17.9 Å². The maximum atomic E-state index is 14.5. The lowest BCUT2D eigenvalue weighted by atomic mass is 10.0. The van der Waals surface area contributed by atoms with E-state index in [0.29, 0.717) is 10.5 Å². The topological polar surface area (TPSA) is 9.23 Å². The number of hydrogen-bond donors (Lipinski definition) is 0. The molecule has 0 aliphatic rings. The normalized spacial score (nSPS) is 12.1. The Morgan fingerprint density at radius 3 is 1.56 bits per heavy atom. The van der Waals surface area contributed by atoms with Crippen LogP contribution in [0.2, 0.25) is 0 Å². The second-order valence-electron chi connectivity index (χ2n) is 12.2. The van der Waals surface area contributed by atoms with E-state index in [1.807, 2.05) is 43.3 Å². The van der Waals surface area contributed by atoms with Crippen LogP contribution in [0.15, 0.2) is 83.5 Å². The summed E-state index contributed by atoms with van der Waals surface area (Å²) in [6.45, 7) is 4.87. The number of aryl methyl sites for hydroxylation is 1. The lowest BCUT2D eigenvalue weighted by Gasteiger charge is -2.14. The monoisotopic (exact) mass is 638 g/mol. The SMILES string of the molecule is CCCCCCCCCCCCCCCCCCOc1ccc(-c2ccc(C=C(F)C(F)(F)Sc3ccc(C)cc3)cc2)cc1. The first kappa shape index (κ1) is 36.8. The first-order valence-corrected chi connectivity index (χ1v) is 18.0. The van der Waals surface area contributed by atoms with Crippen LogP contribution in [-0.2, 0) is 0 Å². The molecule has 0 amide bonds. The molecule has 3 aromatic rings. The average Bonchev–Trinajstić information content (AvgIpc) is 3.04. The van der Waals surface area contributed by atoms with Gasteiger partial charge in [0.15, 0.2) is 5.83 Å². The first-order chi connectivity index (χ1) is 21.9. The zero-order valence-electron chi connectivity index (χ0n) is 27.5. The van der Waals surface area contributed by atoms with Gasteiger partial charge in [0.2, 0.25) is 0 Å². The van der Waals surface area contributed by atoms with Gasteiger partial charge in [-0.1, -0.05) is 157 Å². The summed E-state index contributed by atoms with van der Waals surface area (Å²) in [7, 11) is 0. The van der Waals surface area contributed by atoms with Crippen molar-refractivity contribution >= 4 is 17.8 Å².